The molecule has 502 valence electrons. The van der Waals surface area contributed by atoms with Crippen LogP contribution in [0.2, 0.25) is 0 Å². The number of hydrogen-bond acceptors (Lipinski definition) is 0. The summed E-state index contributed by atoms with van der Waals surface area (Å²) in [5.74, 6) is 2.55. The van der Waals surface area contributed by atoms with Crippen molar-refractivity contribution < 1.29 is 22.8 Å². The van der Waals surface area contributed by atoms with Gasteiger partial charge in [-0.1, -0.05) is 315 Å². The summed E-state index contributed by atoms with van der Waals surface area (Å²) in [7, 11) is 0. The monoisotopic (exact) mass is 1190 g/mol. The first-order valence-electron chi connectivity index (χ1n) is 39.2. The molecule has 8 fully saturated rings. The molecule has 8 saturated carbocycles. The van der Waals surface area contributed by atoms with Crippen molar-refractivity contribution in [2.45, 2.75) is 424 Å². The molecule has 0 aromatic rings. The van der Waals surface area contributed by atoms with Crippen molar-refractivity contribution >= 4 is 0 Å². The molecule has 0 aliphatic heterocycles. The fraction of sp³-hybridized carbons (Fsp3) is 1.00. The molecular weight excluding hydrogens is 1020 g/mol. The zero-order chi connectivity index (χ0) is 70.9. The molecule has 0 saturated heterocycles. The van der Waals surface area contributed by atoms with Crippen LogP contribution in [0, 0.1) is 90.6 Å². The summed E-state index contributed by atoms with van der Waals surface area (Å²) in [4.78, 5) is 0. The molecular formula is C80H161F3. The molecule has 0 bridgehead atoms. The second-order valence-corrected chi connectivity index (χ2v) is 35.7. The highest BCUT2D eigenvalue weighted by Crippen LogP contribution is 2.60. The third-order valence-electron chi connectivity index (χ3n) is 19.8. The zero-order valence-corrected chi connectivity index (χ0v) is 62.1. The van der Waals surface area contributed by atoms with Crippen LogP contribution in [0.5, 0.6) is 0 Å². The van der Waals surface area contributed by atoms with E-state index in [1.54, 1.807) is 53.4 Å². The Kier molecular flexibility index (Phi) is 35.7. The van der Waals surface area contributed by atoms with Crippen molar-refractivity contribution in [2.75, 3.05) is 0 Å². The molecule has 0 N–H and O–H groups in total. The second-order valence-electron chi connectivity index (χ2n) is 35.7. The summed E-state index contributed by atoms with van der Waals surface area (Å²) in [6, 6.07) is 0. The number of alkyl halides is 3. The van der Waals surface area contributed by atoms with Crippen molar-refractivity contribution in [3.63, 3.8) is 0 Å². The van der Waals surface area contributed by atoms with Crippen LogP contribution in [-0.4, -0.2) is 6.18 Å². The molecule has 83 heavy (non-hydrogen) atoms. The van der Waals surface area contributed by atoms with Gasteiger partial charge in [-0.25, -0.2) is 0 Å². The predicted octanol–water partition coefficient (Wildman–Crippen LogP) is 29.9. The van der Waals surface area contributed by atoms with Gasteiger partial charge < -0.3 is 0 Å². The van der Waals surface area contributed by atoms with E-state index in [2.05, 4.69) is 90.0 Å². The van der Waals surface area contributed by atoms with E-state index in [-0.39, 0.29) is 34.9 Å². The van der Waals surface area contributed by atoms with Crippen LogP contribution in [0.1, 0.15) is 428 Å². The molecule has 0 aromatic heterocycles. The summed E-state index contributed by atoms with van der Waals surface area (Å²) < 4.78 is 85.1. The van der Waals surface area contributed by atoms with Gasteiger partial charge in [0.25, 0.3) is 0 Å². The minimum Gasteiger partial charge on any atom is -0.171 e. The molecule has 0 amide bonds. The Labute approximate surface area is 535 Å². The van der Waals surface area contributed by atoms with Gasteiger partial charge in [0, 0.05) is 16.0 Å². The topological polar surface area (TPSA) is 0 Å². The molecule has 8 aliphatic rings. The molecule has 8 rings (SSSR count). The molecule has 0 aromatic carbocycles. The van der Waals surface area contributed by atoms with Gasteiger partial charge in [0.05, 0.1) is 0 Å². The van der Waals surface area contributed by atoms with Crippen LogP contribution in [-0.2, 0) is 0 Å². The Hall–Kier alpha value is -0.210. The highest BCUT2D eigenvalue weighted by Gasteiger charge is 2.48. The van der Waals surface area contributed by atoms with Gasteiger partial charge in [-0.15, -0.1) is 0 Å². The smallest absolute Gasteiger partial charge is 0.171 e. The highest BCUT2D eigenvalue weighted by atomic mass is 19.4. The zero-order valence-electron chi connectivity index (χ0n) is 69.1. The van der Waals surface area contributed by atoms with Crippen LogP contribution >= 0.6 is 0 Å². The van der Waals surface area contributed by atoms with Gasteiger partial charge in [-0.3, -0.25) is 0 Å². The van der Waals surface area contributed by atoms with E-state index in [4.69, 9.17) is 9.60 Å². The van der Waals surface area contributed by atoms with E-state index in [1.165, 1.54) is 154 Å². The Morgan fingerprint density at radius 2 is 0.711 bits per heavy atom. The molecule has 8 aliphatic carbocycles. The number of halogens is 3. The largest absolute Gasteiger partial charge is 0.389 e. The van der Waals surface area contributed by atoms with Crippen molar-refractivity contribution in [3.8, 4) is 0 Å². The van der Waals surface area contributed by atoms with Gasteiger partial charge >= 0.3 is 6.18 Å². The molecule has 0 unspecified atom stereocenters. The average Bonchev–Trinajstić information content (AvgIpc) is 0.967. The summed E-state index contributed by atoms with van der Waals surface area (Å²) in [5.41, 5.74) is 4.41. The fourth-order valence-corrected chi connectivity index (χ4v) is 14.2. The van der Waals surface area contributed by atoms with Crippen LogP contribution in [0.25, 0.3) is 0 Å². The van der Waals surface area contributed by atoms with Crippen molar-refractivity contribution in [3.05, 3.63) is 0 Å². The summed E-state index contributed by atoms with van der Waals surface area (Å²) in [6.45, 7) is 56.5. The maximum atomic E-state index is 11.5. The lowest BCUT2D eigenvalue weighted by Crippen LogP contribution is -2.43. The molecule has 0 nitrogen and oxygen atoms in total. The molecule has 3 spiro atoms. The van der Waals surface area contributed by atoms with Crippen LogP contribution in [0.3, 0.4) is 0 Å². The standard InChI is InChI=1S/C16H30.C14H26.C11H20.C7H14.C6H11F3.C6H12.C6H14.2C5H12.C4H10/c1-13-6-8-16(9-7-13)11-14(2,3)10-15(4,5)12-16;1-12-4-6-14(7-5-12)10-8-13(2,3)9-11-14;1-10-4-8-11(9-5-10)6-2-3-7-11;1-7-5-3-2-4-6-7;1-3-5(2)4-6(7,8)9;1-6-4-2-3-5-6;1-5-6(2,3)4;1-5(2,3)4;1-4-5(2)3;1-4(2)3/h13H,6-12H2,1-5H3;12H,4-11H2,1-3H3;10H,2-9H2,1H3;7H,2-6H2,1H3;5H,3-4H2,1-2H3;6H,2-5H2,1H3;5H2,1-4H3;1-4H3;5H,4H2,1-3H3;4H,1-3H3/t;;;;5-;;;;;/m....0...../s1/i;;;7D;;6D;5D2;;4D2;4D. The lowest BCUT2D eigenvalue weighted by molar-refractivity contribution is -0.143. The summed E-state index contributed by atoms with van der Waals surface area (Å²) in [5, 5.41) is 0. The van der Waals surface area contributed by atoms with Crippen molar-refractivity contribution in [1.29, 1.82) is 0 Å². The molecule has 3 heteroatoms. The summed E-state index contributed by atoms with van der Waals surface area (Å²) in [6.07, 6.45) is 39.5. The van der Waals surface area contributed by atoms with E-state index in [9.17, 15) is 13.2 Å². The van der Waals surface area contributed by atoms with Crippen molar-refractivity contribution in [2.24, 2.45) is 90.6 Å². The minimum absolute atomic E-state index is 0.0556. The number of rotatable bonds is 3. The van der Waals surface area contributed by atoms with E-state index in [0.29, 0.717) is 33.5 Å². The van der Waals surface area contributed by atoms with Crippen LogP contribution in [0.15, 0.2) is 0 Å². The van der Waals surface area contributed by atoms with E-state index < -0.39 is 25.3 Å². The third kappa shape index (κ3) is 48.3. The van der Waals surface area contributed by atoms with E-state index >= 15 is 0 Å². The number of hydrogen-bond donors (Lipinski definition) is 0. The summed E-state index contributed by atoms with van der Waals surface area (Å²) >= 11 is 0. The first kappa shape index (κ1) is 71.9. The van der Waals surface area contributed by atoms with Gasteiger partial charge in [-0.2, -0.15) is 13.2 Å². The van der Waals surface area contributed by atoms with Crippen molar-refractivity contribution in [1.82, 2.24) is 0 Å². The van der Waals surface area contributed by atoms with Gasteiger partial charge in [0.1, 0.15) is 0 Å². The average molecular weight is 1190 g/mol. The third-order valence-corrected chi connectivity index (χ3v) is 19.8. The molecule has 0 heterocycles. The first-order chi connectivity index (χ1) is 40.1. The van der Waals surface area contributed by atoms with Gasteiger partial charge in [-0.05, 0) is 187 Å². The first-order valence-corrected chi connectivity index (χ1v) is 35.7. The fourth-order valence-electron chi connectivity index (χ4n) is 14.2. The quantitative estimate of drug-likeness (QED) is 0.264. The van der Waals surface area contributed by atoms with E-state index in [1.807, 2.05) is 69.2 Å². The highest BCUT2D eigenvalue weighted by molar-refractivity contribution is 4.99. The van der Waals surface area contributed by atoms with Gasteiger partial charge in [0.2, 0.25) is 0 Å². The maximum Gasteiger partial charge on any atom is 0.389 e. The van der Waals surface area contributed by atoms with Crippen LogP contribution in [0.4, 0.5) is 13.2 Å². The Morgan fingerprint density at radius 1 is 0.434 bits per heavy atom. The Balaban J connectivity index is 0. The Bertz CT molecular complexity index is 1730. The van der Waals surface area contributed by atoms with Crippen LogP contribution < -0.4 is 0 Å². The molecule has 1 atom stereocenters. The second kappa shape index (κ2) is 41.2. The van der Waals surface area contributed by atoms with E-state index in [0.717, 1.165) is 54.3 Å². The maximum absolute atomic E-state index is 11.5. The minimum atomic E-state index is -3.98. The van der Waals surface area contributed by atoms with Gasteiger partial charge in [0.15, 0.2) is 0 Å². The lowest BCUT2D eigenvalue weighted by atomic mass is 9.51. The molecule has 0 radical (unpaired) electrons. The normalized spacial score (nSPS) is 26.6. The predicted molar refractivity (Wildman–Crippen MR) is 373 cm³/mol. The SMILES string of the molecule is CC(C)(C)C.CC1CCC2(CC1)CC(C)(C)CC(C)(C)C2.CC1CCC2(CC1)CCC(C)(C)CC2.CC1CCC2(CCCC2)CC1.CC[C@H](C)CC(F)(F)F.[2H]C(C)(C)C.[2H]C([2H])(C)C(C)(C)C.[2H]C([2H])(C)C(C)C.[2H]C1(C)CCCC1.[2H]C1(C)CCCCC1. The Morgan fingerprint density at radius 3 is 0.940 bits per heavy atom. The lowest BCUT2D eigenvalue weighted by Gasteiger charge is -2.54.